The Kier molecular flexibility index (Phi) is 7.73. The minimum Gasteiger partial charge on any atom is -0.488 e. The largest absolute Gasteiger partial charge is 0.488 e. The second-order valence-electron chi connectivity index (χ2n) is 6.71. The molecule has 160 valence electrons. The molecule has 3 aromatic rings. The zero-order valence-electron chi connectivity index (χ0n) is 17.1. The number of benzene rings is 3. The van der Waals surface area contributed by atoms with Crippen LogP contribution in [0, 0.1) is 11.3 Å². The lowest BCUT2D eigenvalue weighted by Gasteiger charge is -2.10. The van der Waals surface area contributed by atoms with Gasteiger partial charge in [-0.2, -0.15) is 10.4 Å². The van der Waals surface area contributed by atoms with E-state index in [0.29, 0.717) is 22.6 Å². The van der Waals surface area contributed by atoms with Crippen molar-refractivity contribution >= 4 is 39.6 Å². The van der Waals surface area contributed by atoms with E-state index < -0.39 is 0 Å². The van der Waals surface area contributed by atoms with Crippen molar-refractivity contribution in [1.29, 1.82) is 5.26 Å². The molecule has 0 fully saturated rings. The van der Waals surface area contributed by atoms with E-state index in [2.05, 4.69) is 37.8 Å². The second-order valence-corrected chi connectivity index (χ2v) is 7.56. The van der Waals surface area contributed by atoms with E-state index in [9.17, 15) is 9.59 Å². The van der Waals surface area contributed by atoms with Crippen molar-refractivity contribution in [1.82, 2.24) is 5.43 Å². The highest BCUT2D eigenvalue weighted by Crippen LogP contribution is 2.26. The van der Waals surface area contributed by atoms with E-state index in [0.717, 1.165) is 15.6 Å². The van der Waals surface area contributed by atoms with Gasteiger partial charge in [-0.3, -0.25) is 9.59 Å². The number of rotatable bonds is 7. The summed E-state index contributed by atoms with van der Waals surface area (Å²) in [6, 6.07) is 21.3. The van der Waals surface area contributed by atoms with Gasteiger partial charge in [-0.15, -0.1) is 0 Å². The maximum atomic E-state index is 12.2. The molecule has 32 heavy (non-hydrogen) atoms. The quantitative estimate of drug-likeness (QED) is 0.372. The number of carbonyl (C=O) groups is 2. The van der Waals surface area contributed by atoms with Gasteiger partial charge in [-0.05, 0) is 70.0 Å². The van der Waals surface area contributed by atoms with Gasteiger partial charge in [-0.1, -0.05) is 18.2 Å². The number of nitriles is 1. The molecule has 0 radical (unpaired) electrons. The summed E-state index contributed by atoms with van der Waals surface area (Å²) < 4.78 is 6.53. The number of nitrogens with one attached hydrogen (secondary N) is 2. The van der Waals surface area contributed by atoms with Crippen LogP contribution in [-0.4, -0.2) is 18.0 Å². The Morgan fingerprint density at radius 2 is 1.88 bits per heavy atom. The van der Waals surface area contributed by atoms with Crippen LogP contribution in [0.3, 0.4) is 0 Å². The van der Waals surface area contributed by atoms with Crippen LogP contribution in [0.2, 0.25) is 0 Å². The van der Waals surface area contributed by atoms with Gasteiger partial charge in [0, 0.05) is 23.7 Å². The number of hydrazone groups is 1. The number of hydrogen-bond acceptors (Lipinski definition) is 5. The molecule has 0 spiro atoms. The Hall–Kier alpha value is -3.96. The monoisotopic (exact) mass is 490 g/mol. The molecule has 0 unspecified atom stereocenters. The van der Waals surface area contributed by atoms with Gasteiger partial charge >= 0.3 is 0 Å². The van der Waals surface area contributed by atoms with Crippen LogP contribution >= 0.6 is 15.9 Å². The topological polar surface area (TPSA) is 104 Å². The third-order valence-corrected chi connectivity index (χ3v) is 4.94. The van der Waals surface area contributed by atoms with Crippen molar-refractivity contribution in [3.05, 3.63) is 93.5 Å². The highest BCUT2D eigenvalue weighted by molar-refractivity contribution is 9.10. The van der Waals surface area contributed by atoms with Gasteiger partial charge in [-0.25, -0.2) is 5.43 Å². The van der Waals surface area contributed by atoms with Gasteiger partial charge in [0.2, 0.25) is 5.91 Å². The number of nitrogens with zero attached hydrogens (tertiary/aromatic N) is 2. The Balaban J connectivity index is 1.57. The third kappa shape index (κ3) is 6.27. The molecule has 7 nitrogen and oxygen atoms in total. The average Bonchev–Trinajstić information content (AvgIpc) is 2.78. The van der Waals surface area contributed by atoms with Gasteiger partial charge in [0.15, 0.2) is 0 Å². The molecule has 0 aliphatic heterocycles. The van der Waals surface area contributed by atoms with E-state index in [4.69, 9.17) is 10.00 Å². The van der Waals surface area contributed by atoms with Crippen LogP contribution in [0.15, 0.2) is 76.3 Å². The molecule has 0 bridgehead atoms. The summed E-state index contributed by atoms with van der Waals surface area (Å²) in [5, 5.41) is 15.8. The standard InChI is InChI=1S/C24H19BrN4O3/c1-16(30)28-21-9-7-18(8-10-21)24(31)29-27-14-17-6-11-23(22(25)12-17)32-15-20-5-3-2-4-19(20)13-26/h2-12,14H,15H2,1H3,(H,28,30)(H,29,31)/b27-14-. The predicted octanol–water partition coefficient (Wildman–Crippen LogP) is 4.62. The third-order valence-electron chi connectivity index (χ3n) is 4.32. The lowest BCUT2D eigenvalue weighted by Crippen LogP contribution is -2.17. The molecule has 3 aromatic carbocycles. The van der Waals surface area contributed by atoms with Gasteiger partial charge in [0.1, 0.15) is 12.4 Å². The van der Waals surface area contributed by atoms with Gasteiger partial charge in [0.25, 0.3) is 5.91 Å². The zero-order valence-corrected chi connectivity index (χ0v) is 18.7. The minimum absolute atomic E-state index is 0.179. The minimum atomic E-state index is -0.370. The molecular formula is C24H19BrN4O3. The number of carbonyl (C=O) groups excluding carboxylic acids is 2. The SMILES string of the molecule is CC(=O)Nc1ccc(C(=O)N/N=C\c2ccc(OCc3ccccc3C#N)c(Br)c2)cc1. The maximum Gasteiger partial charge on any atom is 0.271 e. The van der Waals surface area contributed by atoms with Crippen LogP contribution in [0.25, 0.3) is 0 Å². The first-order valence-corrected chi connectivity index (χ1v) is 10.4. The summed E-state index contributed by atoms with van der Waals surface area (Å²) in [5.74, 6) is 0.0744. The molecule has 0 heterocycles. The Morgan fingerprint density at radius 1 is 1.12 bits per heavy atom. The molecule has 2 N–H and O–H groups in total. The zero-order chi connectivity index (χ0) is 22.9. The van der Waals surface area contributed by atoms with Crippen molar-refractivity contribution < 1.29 is 14.3 Å². The smallest absolute Gasteiger partial charge is 0.271 e. The Morgan fingerprint density at radius 3 is 2.56 bits per heavy atom. The second kappa shape index (κ2) is 10.9. The van der Waals surface area contributed by atoms with Crippen LogP contribution in [0.1, 0.15) is 34.0 Å². The number of hydrogen-bond donors (Lipinski definition) is 2. The molecule has 0 saturated carbocycles. The molecule has 2 amide bonds. The first kappa shape index (κ1) is 22.7. The highest BCUT2D eigenvalue weighted by Gasteiger charge is 2.07. The van der Waals surface area contributed by atoms with Crippen molar-refractivity contribution in [3.63, 3.8) is 0 Å². The van der Waals surface area contributed by atoms with Gasteiger partial charge in [0.05, 0.1) is 22.3 Å². The van der Waals surface area contributed by atoms with Crippen LogP contribution in [0.5, 0.6) is 5.75 Å². The number of halogens is 1. The van der Waals surface area contributed by atoms with Crippen LogP contribution in [0.4, 0.5) is 5.69 Å². The normalized spacial score (nSPS) is 10.4. The van der Waals surface area contributed by atoms with Crippen molar-refractivity contribution in [2.45, 2.75) is 13.5 Å². The first-order chi connectivity index (χ1) is 15.5. The summed E-state index contributed by atoms with van der Waals surface area (Å²) in [6.07, 6.45) is 1.52. The number of amides is 2. The summed E-state index contributed by atoms with van der Waals surface area (Å²) in [4.78, 5) is 23.2. The van der Waals surface area contributed by atoms with Crippen LogP contribution in [-0.2, 0) is 11.4 Å². The lowest BCUT2D eigenvalue weighted by molar-refractivity contribution is -0.114. The van der Waals surface area contributed by atoms with E-state index >= 15 is 0 Å². The molecule has 3 rings (SSSR count). The first-order valence-electron chi connectivity index (χ1n) is 9.57. The molecule has 8 heteroatoms. The van der Waals surface area contributed by atoms with Crippen molar-refractivity contribution in [3.8, 4) is 11.8 Å². The number of anilines is 1. The molecule has 0 aliphatic carbocycles. The molecule has 0 atom stereocenters. The fourth-order valence-electron chi connectivity index (χ4n) is 2.76. The molecule has 0 aliphatic rings. The summed E-state index contributed by atoms with van der Waals surface area (Å²) in [5.41, 5.74) is 5.63. The average molecular weight is 491 g/mol. The molecule has 0 aromatic heterocycles. The number of ether oxygens (including phenoxy) is 1. The Labute approximate surface area is 193 Å². The summed E-state index contributed by atoms with van der Waals surface area (Å²) >= 11 is 3.47. The van der Waals surface area contributed by atoms with Crippen molar-refractivity contribution in [2.24, 2.45) is 5.10 Å². The molecular weight excluding hydrogens is 472 g/mol. The maximum absolute atomic E-state index is 12.2. The molecule has 0 saturated heterocycles. The van der Waals surface area contributed by atoms with E-state index in [1.165, 1.54) is 13.1 Å². The van der Waals surface area contributed by atoms with E-state index in [1.807, 2.05) is 24.3 Å². The van der Waals surface area contributed by atoms with E-state index in [-0.39, 0.29) is 18.4 Å². The Bertz CT molecular complexity index is 1200. The fraction of sp³-hybridized carbons (Fsp3) is 0.0833. The lowest BCUT2D eigenvalue weighted by atomic mass is 10.1. The van der Waals surface area contributed by atoms with Gasteiger partial charge < -0.3 is 10.1 Å². The fourth-order valence-corrected chi connectivity index (χ4v) is 3.27. The summed E-state index contributed by atoms with van der Waals surface area (Å²) in [6.45, 7) is 1.69. The highest BCUT2D eigenvalue weighted by atomic mass is 79.9. The summed E-state index contributed by atoms with van der Waals surface area (Å²) in [7, 11) is 0. The predicted molar refractivity (Wildman–Crippen MR) is 125 cm³/mol. The van der Waals surface area contributed by atoms with Crippen LogP contribution < -0.4 is 15.5 Å². The van der Waals surface area contributed by atoms with E-state index in [1.54, 1.807) is 42.5 Å². The van der Waals surface area contributed by atoms with Crippen molar-refractivity contribution in [2.75, 3.05) is 5.32 Å².